The topological polar surface area (TPSA) is 60.7 Å². The minimum Gasteiger partial charge on any atom is -0.391 e. The summed E-state index contributed by atoms with van der Waals surface area (Å²) in [6.45, 7) is 4.06. The van der Waals surface area contributed by atoms with Crippen LogP contribution in [-0.2, 0) is 0 Å². The van der Waals surface area contributed by atoms with E-state index in [1.807, 2.05) is 0 Å². The molecule has 3 N–H and O–H groups in total. The normalized spacial score (nSPS) is 22.3. The summed E-state index contributed by atoms with van der Waals surface area (Å²) in [7, 11) is 0. The first-order valence-electron chi connectivity index (χ1n) is 11.4. The number of hydrogen-bond donors (Lipinski definition) is 3. The predicted molar refractivity (Wildman–Crippen MR) is 114 cm³/mol. The van der Waals surface area contributed by atoms with Crippen LogP contribution in [0, 0.1) is 17.8 Å². The van der Waals surface area contributed by atoms with Crippen molar-refractivity contribution in [3.8, 4) is 0 Å². The number of unbranched alkanes of at least 4 members (excludes halogenated alkanes) is 4. The fourth-order valence-corrected chi connectivity index (χ4v) is 4.11. The maximum absolute atomic E-state index is 9.35. The summed E-state index contributed by atoms with van der Waals surface area (Å²) in [6.07, 6.45) is 24.3. The predicted octanol–water partition coefficient (Wildman–Crippen LogP) is 5.75. The summed E-state index contributed by atoms with van der Waals surface area (Å²) < 4.78 is 0. The maximum atomic E-state index is 9.35. The third-order valence-electron chi connectivity index (χ3n) is 6.00. The molecule has 1 aliphatic rings. The fourth-order valence-electron chi connectivity index (χ4n) is 4.11. The molecular formula is C24H44O3. The molecule has 1 saturated carbocycles. The Morgan fingerprint density at radius 3 is 2.59 bits per heavy atom. The minimum absolute atomic E-state index is 0.221. The maximum Gasteiger partial charge on any atom is 0.186 e. The number of allylic oxidation sites excluding steroid dienone is 4. The summed E-state index contributed by atoms with van der Waals surface area (Å²) in [6, 6.07) is 0. The van der Waals surface area contributed by atoms with E-state index in [2.05, 4.69) is 38.2 Å². The van der Waals surface area contributed by atoms with E-state index in [1.54, 1.807) is 0 Å². The molecule has 0 radical (unpaired) electrons. The molecule has 0 aromatic rings. The Morgan fingerprint density at radius 2 is 1.85 bits per heavy atom. The largest absolute Gasteiger partial charge is 0.391 e. The van der Waals surface area contributed by atoms with Gasteiger partial charge in [-0.1, -0.05) is 76.7 Å². The van der Waals surface area contributed by atoms with Gasteiger partial charge in [0.2, 0.25) is 0 Å². The van der Waals surface area contributed by atoms with E-state index in [0.29, 0.717) is 6.42 Å². The van der Waals surface area contributed by atoms with Crippen LogP contribution >= 0.6 is 0 Å². The van der Waals surface area contributed by atoms with Crippen molar-refractivity contribution >= 4 is 0 Å². The molecule has 3 nitrogen and oxygen atoms in total. The molecule has 158 valence electrons. The summed E-state index contributed by atoms with van der Waals surface area (Å²) in [5.41, 5.74) is 0. The molecule has 27 heavy (non-hydrogen) atoms. The molecule has 3 atom stereocenters. The molecule has 0 amide bonds. The minimum atomic E-state index is -1.91. The van der Waals surface area contributed by atoms with Crippen LogP contribution in [0.1, 0.15) is 97.3 Å². The van der Waals surface area contributed by atoms with Crippen LogP contribution in [0.25, 0.3) is 0 Å². The molecule has 1 fully saturated rings. The highest BCUT2D eigenvalue weighted by molar-refractivity contribution is 4.98. The molecule has 1 rings (SSSR count). The second kappa shape index (κ2) is 14.4. The van der Waals surface area contributed by atoms with Gasteiger partial charge in [-0.15, -0.1) is 0 Å². The Morgan fingerprint density at radius 1 is 1.04 bits per heavy atom. The van der Waals surface area contributed by atoms with Gasteiger partial charge in [-0.05, 0) is 56.3 Å². The van der Waals surface area contributed by atoms with Gasteiger partial charge in [-0.25, -0.2) is 0 Å². The van der Waals surface area contributed by atoms with E-state index < -0.39 is 12.4 Å². The molecule has 1 aliphatic carbocycles. The lowest BCUT2D eigenvalue weighted by Gasteiger charge is -2.17. The van der Waals surface area contributed by atoms with Crippen LogP contribution in [0.3, 0.4) is 0 Å². The zero-order valence-corrected chi connectivity index (χ0v) is 17.8. The molecule has 3 heteroatoms. The molecule has 0 bridgehead atoms. The summed E-state index contributed by atoms with van der Waals surface area (Å²) >= 11 is 0. The first-order valence-corrected chi connectivity index (χ1v) is 11.4. The van der Waals surface area contributed by atoms with Crippen LogP contribution < -0.4 is 0 Å². The lowest BCUT2D eigenvalue weighted by atomic mass is 9.91. The van der Waals surface area contributed by atoms with E-state index in [1.165, 1.54) is 57.8 Å². The van der Waals surface area contributed by atoms with Gasteiger partial charge < -0.3 is 15.3 Å². The number of aliphatic hydroxyl groups excluding tert-OH is 1. The number of hydrogen-bond acceptors (Lipinski definition) is 3. The van der Waals surface area contributed by atoms with Crippen molar-refractivity contribution in [1.29, 1.82) is 0 Å². The lowest BCUT2D eigenvalue weighted by molar-refractivity contribution is -0.191. The van der Waals surface area contributed by atoms with E-state index in [0.717, 1.165) is 30.6 Å². The van der Waals surface area contributed by atoms with Crippen molar-refractivity contribution in [2.75, 3.05) is 6.61 Å². The van der Waals surface area contributed by atoms with Crippen LogP contribution in [0.2, 0.25) is 0 Å². The van der Waals surface area contributed by atoms with Crippen molar-refractivity contribution in [2.24, 2.45) is 17.8 Å². The first-order chi connectivity index (χ1) is 13.0. The molecule has 0 aromatic heterocycles. The van der Waals surface area contributed by atoms with Crippen LogP contribution in [0.4, 0.5) is 0 Å². The van der Waals surface area contributed by atoms with E-state index in [-0.39, 0.29) is 6.42 Å². The van der Waals surface area contributed by atoms with Gasteiger partial charge in [-0.2, -0.15) is 0 Å². The van der Waals surface area contributed by atoms with Gasteiger partial charge in [0.25, 0.3) is 0 Å². The Labute approximate surface area is 167 Å². The fraction of sp³-hybridized carbons (Fsp3) is 0.833. The third-order valence-corrected chi connectivity index (χ3v) is 6.00. The summed E-state index contributed by atoms with van der Waals surface area (Å²) in [4.78, 5) is 0. The van der Waals surface area contributed by atoms with Crippen LogP contribution in [0.15, 0.2) is 24.3 Å². The van der Waals surface area contributed by atoms with Gasteiger partial charge >= 0.3 is 0 Å². The molecular weight excluding hydrogens is 336 g/mol. The van der Waals surface area contributed by atoms with Gasteiger partial charge in [0.05, 0.1) is 6.61 Å². The molecule has 0 spiro atoms. The molecule has 0 aliphatic heterocycles. The lowest BCUT2D eigenvalue weighted by Crippen LogP contribution is -2.32. The Kier molecular flexibility index (Phi) is 13.0. The van der Waals surface area contributed by atoms with Crippen LogP contribution in [-0.4, -0.2) is 27.7 Å². The second-order valence-corrected chi connectivity index (χ2v) is 8.71. The van der Waals surface area contributed by atoms with Crippen molar-refractivity contribution < 1.29 is 15.3 Å². The zero-order chi connectivity index (χ0) is 20.0. The zero-order valence-electron chi connectivity index (χ0n) is 17.8. The molecule has 0 aromatic carbocycles. The summed E-state index contributed by atoms with van der Waals surface area (Å²) in [5, 5.41) is 27.5. The van der Waals surface area contributed by atoms with Gasteiger partial charge in [0.15, 0.2) is 5.79 Å². The second-order valence-electron chi connectivity index (χ2n) is 8.71. The average Bonchev–Trinajstić information content (AvgIpc) is 3.09. The van der Waals surface area contributed by atoms with E-state index in [4.69, 9.17) is 5.11 Å². The van der Waals surface area contributed by atoms with Crippen molar-refractivity contribution in [1.82, 2.24) is 0 Å². The van der Waals surface area contributed by atoms with Gasteiger partial charge in [0.1, 0.15) is 0 Å². The highest BCUT2D eigenvalue weighted by Crippen LogP contribution is 2.35. The average molecular weight is 381 g/mol. The number of aliphatic hydroxyl groups is 3. The Balaban J connectivity index is 2.20. The van der Waals surface area contributed by atoms with E-state index >= 15 is 0 Å². The molecule has 0 saturated heterocycles. The van der Waals surface area contributed by atoms with Crippen molar-refractivity contribution in [3.05, 3.63) is 24.3 Å². The Bertz CT molecular complexity index is 414. The highest BCUT2D eigenvalue weighted by atomic mass is 16.5. The SMILES string of the molecule is CCCCCC[C@@H](C)C/C=C/[C@H]1CCC[C@@H]1C/C=C\CCCC(O)(O)CO. The quantitative estimate of drug-likeness (QED) is 0.193. The van der Waals surface area contributed by atoms with E-state index in [9.17, 15) is 10.2 Å². The summed E-state index contributed by atoms with van der Waals surface area (Å²) in [5.74, 6) is 0.396. The number of rotatable bonds is 15. The third kappa shape index (κ3) is 11.7. The van der Waals surface area contributed by atoms with Crippen LogP contribution in [0.5, 0.6) is 0 Å². The van der Waals surface area contributed by atoms with Crippen molar-refractivity contribution in [2.45, 2.75) is 103 Å². The monoisotopic (exact) mass is 380 g/mol. The standard InChI is InChI=1S/C24H44O3/c1-3-4-5-8-13-21(2)14-11-16-23-18-12-17-22(23)15-9-6-7-10-19-24(26,27)20-25/h6,9,11,16,21-23,25-27H,3-5,7-8,10,12-15,17-20H2,1-2H3/b9-6-,16-11+/t21-,22+,23+/m1/s1. The first kappa shape index (κ1) is 24.4. The highest BCUT2D eigenvalue weighted by Gasteiger charge is 2.24. The smallest absolute Gasteiger partial charge is 0.186 e. The van der Waals surface area contributed by atoms with Gasteiger partial charge in [-0.3, -0.25) is 0 Å². The Hall–Kier alpha value is -0.640. The van der Waals surface area contributed by atoms with Gasteiger partial charge in [0, 0.05) is 6.42 Å². The van der Waals surface area contributed by atoms with Crippen molar-refractivity contribution in [3.63, 3.8) is 0 Å². The molecule has 0 heterocycles. The molecule has 0 unspecified atom stereocenters.